The van der Waals surface area contributed by atoms with Gasteiger partial charge < -0.3 is 15.8 Å². The Kier molecular flexibility index (Phi) is 5.14. The Hall–Kier alpha value is -1.66. The lowest BCUT2D eigenvalue weighted by Gasteiger charge is -2.16. The number of amides is 1. The minimum absolute atomic E-state index is 0.143. The van der Waals surface area contributed by atoms with E-state index >= 15 is 0 Å². The average molecular weight is 307 g/mol. The Labute approximate surface area is 128 Å². The van der Waals surface area contributed by atoms with E-state index < -0.39 is 6.04 Å². The van der Waals surface area contributed by atoms with E-state index in [0.29, 0.717) is 11.7 Å². The zero-order valence-corrected chi connectivity index (χ0v) is 13.4. The minimum atomic E-state index is -0.513. The first kappa shape index (κ1) is 15.7. The van der Waals surface area contributed by atoms with Crippen molar-refractivity contribution in [2.24, 2.45) is 11.7 Å². The molecule has 0 radical (unpaired) electrons. The number of fused-ring (bicyclic) bond motifs is 1. The van der Waals surface area contributed by atoms with Crippen LogP contribution in [0.25, 0.3) is 10.2 Å². The number of aromatic nitrogens is 1. The third-order valence-corrected chi connectivity index (χ3v) is 4.39. The molecule has 0 fully saturated rings. The van der Waals surface area contributed by atoms with E-state index in [0.717, 1.165) is 22.4 Å². The molecule has 0 bridgehead atoms. The minimum Gasteiger partial charge on any atom is -0.494 e. The first-order valence-corrected chi connectivity index (χ1v) is 7.96. The van der Waals surface area contributed by atoms with Crippen molar-refractivity contribution in [1.82, 2.24) is 4.98 Å². The second kappa shape index (κ2) is 6.87. The summed E-state index contributed by atoms with van der Waals surface area (Å²) in [5.41, 5.74) is 6.77. The molecule has 21 heavy (non-hydrogen) atoms. The molecule has 0 aliphatic heterocycles. The van der Waals surface area contributed by atoms with Crippen molar-refractivity contribution >= 4 is 32.6 Å². The molecule has 1 amide bonds. The summed E-state index contributed by atoms with van der Waals surface area (Å²) in [5, 5.41) is 3.37. The number of hydrogen-bond donors (Lipinski definition) is 2. The third kappa shape index (κ3) is 3.71. The molecule has 0 saturated carbocycles. The smallest absolute Gasteiger partial charge is 0.243 e. The fourth-order valence-corrected chi connectivity index (χ4v) is 2.81. The molecule has 0 aliphatic carbocycles. The number of hydrogen-bond acceptors (Lipinski definition) is 5. The molecule has 0 spiro atoms. The SMILES string of the molecule is CCOc1ccc2nc(NC(=O)C(N)C(C)CC)sc2c1. The lowest BCUT2D eigenvalue weighted by atomic mass is 10.00. The maximum absolute atomic E-state index is 12.1. The molecule has 5 nitrogen and oxygen atoms in total. The maximum atomic E-state index is 12.1. The van der Waals surface area contributed by atoms with E-state index in [1.165, 1.54) is 11.3 Å². The normalized spacial score (nSPS) is 13.9. The summed E-state index contributed by atoms with van der Waals surface area (Å²) in [7, 11) is 0. The summed E-state index contributed by atoms with van der Waals surface area (Å²) in [6, 6.07) is 5.19. The third-order valence-electron chi connectivity index (χ3n) is 3.46. The highest BCUT2D eigenvalue weighted by molar-refractivity contribution is 7.22. The first-order chi connectivity index (χ1) is 10.0. The molecule has 2 rings (SSSR count). The highest BCUT2D eigenvalue weighted by atomic mass is 32.1. The van der Waals surface area contributed by atoms with Gasteiger partial charge in [-0.3, -0.25) is 4.79 Å². The van der Waals surface area contributed by atoms with E-state index in [-0.39, 0.29) is 11.8 Å². The molecule has 2 aromatic rings. The van der Waals surface area contributed by atoms with Crippen molar-refractivity contribution in [1.29, 1.82) is 0 Å². The molecule has 1 aromatic heterocycles. The largest absolute Gasteiger partial charge is 0.494 e. The number of nitrogens with two attached hydrogens (primary N) is 1. The predicted molar refractivity (Wildman–Crippen MR) is 86.8 cm³/mol. The van der Waals surface area contributed by atoms with Gasteiger partial charge in [0, 0.05) is 0 Å². The fraction of sp³-hybridized carbons (Fsp3) is 0.467. The van der Waals surface area contributed by atoms with Crippen LogP contribution in [0, 0.1) is 5.92 Å². The van der Waals surface area contributed by atoms with Crippen LogP contribution < -0.4 is 15.8 Å². The van der Waals surface area contributed by atoms with Gasteiger partial charge in [0.1, 0.15) is 5.75 Å². The monoisotopic (exact) mass is 307 g/mol. The van der Waals surface area contributed by atoms with Gasteiger partial charge in [-0.25, -0.2) is 4.98 Å². The van der Waals surface area contributed by atoms with Crippen molar-refractivity contribution in [2.75, 3.05) is 11.9 Å². The lowest BCUT2D eigenvalue weighted by molar-refractivity contribution is -0.118. The van der Waals surface area contributed by atoms with E-state index in [1.807, 2.05) is 39.0 Å². The topological polar surface area (TPSA) is 77.2 Å². The number of thiazole rings is 1. The van der Waals surface area contributed by atoms with Gasteiger partial charge in [0.15, 0.2) is 5.13 Å². The van der Waals surface area contributed by atoms with Gasteiger partial charge in [-0.1, -0.05) is 31.6 Å². The molecule has 6 heteroatoms. The number of benzene rings is 1. The van der Waals surface area contributed by atoms with Crippen molar-refractivity contribution in [3.8, 4) is 5.75 Å². The fourth-order valence-electron chi connectivity index (χ4n) is 1.92. The number of carbonyl (C=O) groups excluding carboxylic acids is 1. The molecular weight excluding hydrogens is 286 g/mol. The maximum Gasteiger partial charge on any atom is 0.243 e. The number of ether oxygens (including phenoxy) is 1. The lowest BCUT2D eigenvalue weighted by Crippen LogP contribution is -2.40. The van der Waals surface area contributed by atoms with Crippen LogP contribution in [0.5, 0.6) is 5.75 Å². The van der Waals surface area contributed by atoms with Crippen LogP contribution in [-0.2, 0) is 4.79 Å². The summed E-state index contributed by atoms with van der Waals surface area (Å²) < 4.78 is 6.44. The second-order valence-corrected chi connectivity index (χ2v) is 6.01. The van der Waals surface area contributed by atoms with Crippen molar-refractivity contribution in [3.05, 3.63) is 18.2 Å². The van der Waals surface area contributed by atoms with E-state index in [2.05, 4.69) is 10.3 Å². The van der Waals surface area contributed by atoms with Crippen LogP contribution in [0.2, 0.25) is 0 Å². The summed E-state index contributed by atoms with van der Waals surface area (Å²) in [6.07, 6.45) is 0.867. The summed E-state index contributed by atoms with van der Waals surface area (Å²) in [6.45, 7) is 6.55. The van der Waals surface area contributed by atoms with E-state index in [1.54, 1.807) is 0 Å². The predicted octanol–water partition coefficient (Wildman–Crippen LogP) is 3.01. The average Bonchev–Trinajstić information content (AvgIpc) is 2.87. The van der Waals surface area contributed by atoms with Crippen molar-refractivity contribution in [2.45, 2.75) is 33.2 Å². The second-order valence-electron chi connectivity index (χ2n) is 4.98. The number of nitrogens with one attached hydrogen (secondary N) is 1. The zero-order valence-electron chi connectivity index (χ0n) is 12.6. The molecule has 3 N–H and O–H groups in total. The Morgan fingerprint density at radius 1 is 1.48 bits per heavy atom. The molecule has 0 aliphatic rings. The summed E-state index contributed by atoms with van der Waals surface area (Å²) in [4.78, 5) is 16.5. The Morgan fingerprint density at radius 2 is 2.24 bits per heavy atom. The number of anilines is 1. The molecular formula is C15H21N3O2S. The molecule has 114 valence electrons. The van der Waals surface area contributed by atoms with E-state index in [4.69, 9.17) is 10.5 Å². The molecule has 0 saturated heterocycles. The number of rotatable bonds is 6. The molecule has 1 aromatic carbocycles. The van der Waals surface area contributed by atoms with Crippen LogP contribution in [0.4, 0.5) is 5.13 Å². The summed E-state index contributed by atoms with van der Waals surface area (Å²) >= 11 is 1.42. The number of carbonyl (C=O) groups is 1. The van der Waals surface area contributed by atoms with Crippen LogP contribution in [0.15, 0.2) is 18.2 Å². The highest BCUT2D eigenvalue weighted by Gasteiger charge is 2.20. The van der Waals surface area contributed by atoms with Crippen LogP contribution in [0.1, 0.15) is 27.2 Å². The van der Waals surface area contributed by atoms with E-state index in [9.17, 15) is 4.79 Å². The van der Waals surface area contributed by atoms with Crippen LogP contribution >= 0.6 is 11.3 Å². The van der Waals surface area contributed by atoms with Gasteiger partial charge in [-0.05, 0) is 31.0 Å². The molecule has 2 unspecified atom stereocenters. The van der Waals surface area contributed by atoms with Gasteiger partial charge >= 0.3 is 0 Å². The van der Waals surface area contributed by atoms with Gasteiger partial charge in [-0.2, -0.15) is 0 Å². The zero-order chi connectivity index (χ0) is 15.4. The first-order valence-electron chi connectivity index (χ1n) is 7.15. The van der Waals surface area contributed by atoms with Gasteiger partial charge in [-0.15, -0.1) is 0 Å². The van der Waals surface area contributed by atoms with Gasteiger partial charge in [0.05, 0.1) is 22.9 Å². The Morgan fingerprint density at radius 3 is 2.90 bits per heavy atom. The standard InChI is InChI=1S/C15H21N3O2S/c1-4-9(3)13(16)14(19)18-15-17-11-7-6-10(20-5-2)8-12(11)21-15/h6-9,13H,4-5,16H2,1-3H3,(H,17,18,19). The molecule has 2 atom stereocenters. The van der Waals surface area contributed by atoms with Crippen LogP contribution in [0.3, 0.4) is 0 Å². The van der Waals surface area contributed by atoms with Crippen molar-refractivity contribution < 1.29 is 9.53 Å². The van der Waals surface area contributed by atoms with Crippen molar-refractivity contribution in [3.63, 3.8) is 0 Å². The Balaban J connectivity index is 2.14. The van der Waals surface area contributed by atoms with Crippen LogP contribution in [-0.4, -0.2) is 23.5 Å². The Bertz CT molecular complexity index is 626. The van der Waals surface area contributed by atoms with Gasteiger partial charge in [0.2, 0.25) is 5.91 Å². The molecule has 1 heterocycles. The summed E-state index contributed by atoms with van der Waals surface area (Å²) in [5.74, 6) is 0.764. The van der Waals surface area contributed by atoms with Gasteiger partial charge in [0.25, 0.3) is 0 Å². The number of nitrogens with zero attached hydrogens (tertiary/aromatic N) is 1. The quantitative estimate of drug-likeness (QED) is 0.860. The highest BCUT2D eigenvalue weighted by Crippen LogP contribution is 2.29.